The summed E-state index contributed by atoms with van der Waals surface area (Å²) < 4.78 is 11.4. The molecule has 0 saturated carbocycles. The molecule has 2 aliphatic rings. The Kier molecular flexibility index (Phi) is 8.03. The van der Waals surface area contributed by atoms with E-state index < -0.39 is 11.1 Å². The average molecular weight is 515 g/mol. The molecule has 7 nitrogen and oxygen atoms in total. The molecule has 0 aliphatic carbocycles. The van der Waals surface area contributed by atoms with Crippen molar-refractivity contribution in [3.05, 3.63) is 63.0 Å². The predicted octanol–water partition coefficient (Wildman–Crippen LogP) is 5.28. The zero-order chi connectivity index (χ0) is 24.9. The summed E-state index contributed by atoms with van der Waals surface area (Å²) in [5.74, 6) is 0.121. The zero-order valence-electron chi connectivity index (χ0n) is 19.7. The molecule has 0 unspecified atom stereocenters. The zero-order valence-corrected chi connectivity index (χ0v) is 21.3. The van der Waals surface area contributed by atoms with Crippen LogP contribution in [0, 0.1) is 6.92 Å². The van der Waals surface area contributed by atoms with Gasteiger partial charge in [-0.3, -0.25) is 19.3 Å². The molecule has 9 heteroatoms. The molecule has 2 fully saturated rings. The molecule has 2 heterocycles. The molecule has 2 aromatic carbocycles. The fourth-order valence-electron chi connectivity index (χ4n) is 3.97. The number of halogens is 1. The highest BCUT2D eigenvalue weighted by molar-refractivity contribution is 8.18. The number of hydrogen-bond donors (Lipinski definition) is 0. The van der Waals surface area contributed by atoms with Crippen molar-refractivity contribution in [3.8, 4) is 11.5 Å². The first-order valence-electron chi connectivity index (χ1n) is 11.4. The number of aryl methyl sites for hydroxylation is 1. The van der Waals surface area contributed by atoms with Gasteiger partial charge < -0.3 is 14.4 Å². The first-order chi connectivity index (χ1) is 16.9. The lowest BCUT2D eigenvalue weighted by Crippen LogP contribution is -2.44. The lowest BCUT2D eigenvalue weighted by Gasteiger charge is -2.27. The predicted molar refractivity (Wildman–Crippen MR) is 137 cm³/mol. The fourth-order valence-corrected chi connectivity index (χ4v) is 5.08. The Balaban J connectivity index is 1.47. The first-order valence-corrected chi connectivity index (χ1v) is 12.6. The molecule has 2 aromatic rings. The summed E-state index contributed by atoms with van der Waals surface area (Å²) in [4.78, 5) is 40.9. The van der Waals surface area contributed by atoms with Crippen molar-refractivity contribution in [2.24, 2.45) is 0 Å². The molecule has 0 spiro atoms. The van der Waals surface area contributed by atoms with E-state index in [1.165, 1.54) is 7.11 Å². The normalized spacial score (nSPS) is 17.3. The number of benzene rings is 2. The van der Waals surface area contributed by atoms with Crippen molar-refractivity contribution in [1.82, 2.24) is 9.80 Å². The van der Waals surface area contributed by atoms with Gasteiger partial charge in [0.25, 0.3) is 11.1 Å². The van der Waals surface area contributed by atoms with Gasteiger partial charge in [-0.2, -0.15) is 0 Å². The lowest BCUT2D eigenvalue weighted by molar-refractivity contribution is -0.136. The third kappa shape index (κ3) is 6.00. The van der Waals surface area contributed by atoms with Gasteiger partial charge >= 0.3 is 0 Å². The number of nitrogens with zero attached hydrogens (tertiary/aromatic N) is 2. The number of carbonyl (C=O) groups excluding carboxylic acids is 3. The molecule has 4 rings (SSSR count). The van der Waals surface area contributed by atoms with Gasteiger partial charge in [0.05, 0.1) is 17.0 Å². The third-order valence-electron chi connectivity index (χ3n) is 5.93. The van der Waals surface area contributed by atoms with Gasteiger partial charge in [0.1, 0.15) is 13.2 Å². The molecule has 2 saturated heterocycles. The van der Waals surface area contributed by atoms with E-state index in [1.54, 1.807) is 23.1 Å². The van der Waals surface area contributed by atoms with Crippen molar-refractivity contribution in [2.45, 2.75) is 32.8 Å². The molecule has 0 atom stereocenters. The van der Waals surface area contributed by atoms with E-state index in [2.05, 4.69) is 0 Å². The standard InChI is InChI=1S/C26H27ClN2O5S/c1-17-6-8-18(9-7-17)16-34-24-20(27)12-19(13-21(24)33-2)14-22-25(31)29(26(32)35-22)15-23(30)28-10-4-3-5-11-28/h6-9,12-14H,3-5,10-11,15-16H2,1-2H3/b22-14-. The Bertz CT molecular complexity index is 1160. The summed E-state index contributed by atoms with van der Waals surface area (Å²) >= 11 is 7.30. The summed E-state index contributed by atoms with van der Waals surface area (Å²) in [6.45, 7) is 3.44. The number of amides is 3. The fraction of sp³-hybridized carbons (Fsp3) is 0.346. The van der Waals surface area contributed by atoms with Crippen molar-refractivity contribution < 1.29 is 23.9 Å². The number of hydrogen-bond acceptors (Lipinski definition) is 6. The molecule has 3 amide bonds. The van der Waals surface area contributed by atoms with E-state index in [0.717, 1.165) is 47.1 Å². The van der Waals surface area contributed by atoms with E-state index in [4.69, 9.17) is 21.1 Å². The smallest absolute Gasteiger partial charge is 0.294 e. The minimum Gasteiger partial charge on any atom is -0.493 e. The van der Waals surface area contributed by atoms with Crippen LogP contribution in [-0.4, -0.2) is 53.6 Å². The quantitative estimate of drug-likeness (QED) is 0.468. The summed E-state index contributed by atoms with van der Waals surface area (Å²) in [6.07, 6.45) is 4.56. The second kappa shape index (κ2) is 11.2. The molecule has 0 radical (unpaired) electrons. The number of imide groups is 1. The minimum atomic E-state index is -0.486. The molecule has 0 N–H and O–H groups in total. The van der Waals surface area contributed by atoms with Gasteiger partial charge in [-0.25, -0.2) is 0 Å². The summed E-state index contributed by atoms with van der Waals surface area (Å²) in [5.41, 5.74) is 2.74. The molecular formula is C26H27ClN2O5S. The molecule has 0 aromatic heterocycles. The van der Waals surface area contributed by atoms with Crippen LogP contribution in [0.3, 0.4) is 0 Å². The Hall–Kier alpha value is -2.97. The van der Waals surface area contributed by atoms with Crippen LogP contribution in [0.15, 0.2) is 41.3 Å². The Labute approximate surface area is 214 Å². The maximum atomic E-state index is 12.9. The number of rotatable bonds is 7. The van der Waals surface area contributed by atoms with Crippen LogP contribution in [0.1, 0.15) is 36.0 Å². The van der Waals surface area contributed by atoms with Crippen molar-refractivity contribution in [1.29, 1.82) is 0 Å². The monoisotopic (exact) mass is 514 g/mol. The summed E-state index contributed by atoms with van der Waals surface area (Å²) in [6, 6.07) is 11.3. The maximum Gasteiger partial charge on any atom is 0.294 e. The van der Waals surface area contributed by atoms with Gasteiger partial charge in [0.15, 0.2) is 11.5 Å². The SMILES string of the molecule is COc1cc(/C=C2\SC(=O)N(CC(=O)N3CCCCC3)C2=O)cc(Cl)c1OCc1ccc(C)cc1. The van der Waals surface area contributed by atoms with Crippen LogP contribution < -0.4 is 9.47 Å². The molecule has 2 aliphatic heterocycles. The largest absolute Gasteiger partial charge is 0.493 e. The topological polar surface area (TPSA) is 76.2 Å². The number of likely N-dealkylation sites (tertiary alicyclic amines) is 1. The van der Waals surface area contributed by atoms with Crippen LogP contribution >= 0.6 is 23.4 Å². The van der Waals surface area contributed by atoms with Gasteiger partial charge in [-0.05, 0) is 67.3 Å². The van der Waals surface area contributed by atoms with E-state index in [0.29, 0.717) is 41.8 Å². The Morgan fingerprint density at radius 1 is 1.11 bits per heavy atom. The van der Waals surface area contributed by atoms with E-state index in [9.17, 15) is 14.4 Å². The second-order valence-corrected chi connectivity index (χ2v) is 9.92. The number of thioether (sulfide) groups is 1. The van der Waals surface area contributed by atoms with E-state index >= 15 is 0 Å². The van der Waals surface area contributed by atoms with Crippen LogP contribution in [-0.2, 0) is 16.2 Å². The van der Waals surface area contributed by atoms with Crippen LogP contribution in [0.25, 0.3) is 6.08 Å². The number of piperidine rings is 1. The van der Waals surface area contributed by atoms with Crippen molar-refractivity contribution >= 4 is 46.5 Å². The lowest BCUT2D eigenvalue weighted by atomic mass is 10.1. The Morgan fingerprint density at radius 3 is 2.51 bits per heavy atom. The highest BCUT2D eigenvalue weighted by Crippen LogP contribution is 2.39. The Morgan fingerprint density at radius 2 is 1.83 bits per heavy atom. The first kappa shape index (κ1) is 25.1. The molecule has 184 valence electrons. The number of ether oxygens (including phenoxy) is 2. The van der Waals surface area contributed by atoms with Gasteiger partial charge in [0, 0.05) is 13.1 Å². The van der Waals surface area contributed by atoms with Crippen LogP contribution in [0.2, 0.25) is 5.02 Å². The van der Waals surface area contributed by atoms with Gasteiger partial charge in [-0.1, -0.05) is 41.4 Å². The molecular weight excluding hydrogens is 488 g/mol. The molecule has 35 heavy (non-hydrogen) atoms. The highest BCUT2D eigenvalue weighted by atomic mass is 35.5. The van der Waals surface area contributed by atoms with Crippen molar-refractivity contribution in [2.75, 3.05) is 26.7 Å². The maximum absolute atomic E-state index is 12.9. The summed E-state index contributed by atoms with van der Waals surface area (Å²) in [7, 11) is 1.51. The summed E-state index contributed by atoms with van der Waals surface area (Å²) in [5, 5.41) is -0.134. The average Bonchev–Trinajstić information content (AvgIpc) is 3.11. The molecule has 0 bridgehead atoms. The second-order valence-electron chi connectivity index (χ2n) is 8.52. The number of carbonyl (C=O) groups is 3. The van der Waals surface area contributed by atoms with Gasteiger partial charge in [-0.15, -0.1) is 0 Å². The van der Waals surface area contributed by atoms with Gasteiger partial charge in [0.2, 0.25) is 5.91 Å². The van der Waals surface area contributed by atoms with Crippen molar-refractivity contribution in [3.63, 3.8) is 0 Å². The number of methoxy groups -OCH3 is 1. The van der Waals surface area contributed by atoms with E-state index in [-0.39, 0.29) is 17.4 Å². The van der Waals surface area contributed by atoms with Crippen LogP contribution in [0.4, 0.5) is 4.79 Å². The highest BCUT2D eigenvalue weighted by Gasteiger charge is 2.37. The van der Waals surface area contributed by atoms with E-state index in [1.807, 2.05) is 31.2 Å². The minimum absolute atomic E-state index is 0.201. The van der Waals surface area contributed by atoms with Crippen LogP contribution in [0.5, 0.6) is 11.5 Å². The third-order valence-corrected chi connectivity index (χ3v) is 7.12.